The third-order valence-corrected chi connectivity index (χ3v) is 7.90. The summed E-state index contributed by atoms with van der Waals surface area (Å²) in [5, 5.41) is 7.10. The summed E-state index contributed by atoms with van der Waals surface area (Å²) in [5.41, 5.74) is 7.44. The predicted molar refractivity (Wildman–Crippen MR) is 163 cm³/mol. The van der Waals surface area contributed by atoms with Crippen molar-refractivity contribution in [3.63, 3.8) is 0 Å². The van der Waals surface area contributed by atoms with Gasteiger partial charge in [-0.05, 0) is 86.1 Å². The standard InChI is InChI=1S/C32H35N5O2S/c1-5-23-13-15-24(16-14-23)37-21(2)20-25(22(37)3)31-30(27-11-8-9-18-33-27)35-32(40)36(31)19-17-29(38)34-26-10-6-7-12-28(26)39-4/h6-16,18,20,30-31H,5,17,19H2,1-4H3,(H,34,38)(H,35,40)/t30-,31+/m1/s1. The average Bonchev–Trinajstić information content (AvgIpc) is 3.46. The fourth-order valence-corrected chi connectivity index (χ4v) is 5.86. The van der Waals surface area contributed by atoms with Crippen molar-refractivity contribution in [3.8, 4) is 11.4 Å². The first kappa shape index (κ1) is 27.4. The van der Waals surface area contributed by atoms with Crippen LogP contribution in [0.3, 0.4) is 0 Å². The van der Waals surface area contributed by atoms with E-state index in [-0.39, 0.29) is 24.4 Å². The Morgan fingerprint density at radius 2 is 1.82 bits per heavy atom. The Hall–Kier alpha value is -4.17. The lowest BCUT2D eigenvalue weighted by Crippen LogP contribution is -2.33. The maximum atomic E-state index is 13.0. The molecule has 7 nitrogen and oxygen atoms in total. The molecular weight excluding hydrogens is 518 g/mol. The molecule has 1 saturated heterocycles. The monoisotopic (exact) mass is 553 g/mol. The number of nitrogens with zero attached hydrogens (tertiary/aromatic N) is 3. The Bertz CT molecular complexity index is 1500. The summed E-state index contributed by atoms with van der Waals surface area (Å²) in [6, 6.07) is 24.0. The summed E-state index contributed by atoms with van der Waals surface area (Å²) in [4.78, 5) is 19.8. The van der Waals surface area contributed by atoms with Gasteiger partial charge >= 0.3 is 0 Å². The van der Waals surface area contributed by atoms with Crippen LogP contribution in [-0.2, 0) is 11.2 Å². The van der Waals surface area contributed by atoms with Gasteiger partial charge in [-0.1, -0.05) is 37.3 Å². The van der Waals surface area contributed by atoms with Gasteiger partial charge in [0.05, 0.1) is 30.6 Å². The summed E-state index contributed by atoms with van der Waals surface area (Å²) in [5.74, 6) is 0.524. The van der Waals surface area contributed by atoms with Crippen molar-refractivity contribution >= 4 is 28.9 Å². The van der Waals surface area contributed by atoms with Crippen LogP contribution in [0, 0.1) is 13.8 Å². The van der Waals surface area contributed by atoms with Crippen LogP contribution in [0.4, 0.5) is 5.69 Å². The zero-order valence-electron chi connectivity index (χ0n) is 23.3. The summed E-state index contributed by atoms with van der Waals surface area (Å²) >= 11 is 5.85. The molecule has 4 aromatic rings. The molecule has 1 amide bonds. The number of carbonyl (C=O) groups is 1. The third kappa shape index (κ3) is 5.45. The Labute approximate surface area is 241 Å². The van der Waals surface area contributed by atoms with Crippen molar-refractivity contribution in [1.29, 1.82) is 0 Å². The van der Waals surface area contributed by atoms with E-state index in [4.69, 9.17) is 17.0 Å². The van der Waals surface area contributed by atoms with Crippen molar-refractivity contribution < 1.29 is 9.53 Å². The number of aryl methyl sites for hydroxylation is 2. The van der Waals surface area contributed by atoms with Crippen LogP contribution in [0.2, 0.25) is 0 Å². The number of anilines is 1. The Kier molecular flexibility index (Phi) is 8.16. The number of benzene rings is 2. The van der Waals surface area contributed by atoms with Crippen molar-refractivity contribution in [2.45, 2.75) is 45.7 Å². The first-order valence-electron chi connectivity index (χ1n) is 13.6. The van der Waals surface area contributed by atoms with E-state index in [1.807, 2.05) is 42.5 Å². The summed E-state index contributed by atoms with van der Waals surface area (Å²) in [7, 11) is 1.59. The van der Waals surface area contributed by atoms with E-state index in [9.17, 15) is 4.79 Å². The largest absolute Gasteiger partial charge is 0.495 e. The van der Waals surface area contributed by atoms with Crippen LogP contribution in [-0.4, -0.2) is 39.1 Å². The minimum Gasteiger partial charge on any atom is -0.495 e. The molecule has 2 aromatic heterocycles. The van der Waals surface area contributed by atoms with Crippen LogP contribution in [0.1, 0.15) is 53.6 Å². The van der Waals surface area contributed by atoms with E-state index in [1.165, 1.54) is 5.56 Å². The number of carbonyl (C=O) groups excluding carboxylic acids is 1. The Balaban J connectivity index is 1.46. The predicted octanol–water partition coefficient (Wildman–Crippen LogP) is 6.06. The van der Waals surface area contributed by atoms with E-state index < -0.39 is 0 Å². The lowest BCUT2D eigenvalue weighted by Gasteiger charge is -2.28. The second-order valence-corrected chi connectivity index (χ2v) is 10.4. The highest BCUT2D eigenvalue weighted by molar-refractivity contribution is 7.80. The topological polar surface area (TPSA) is 71.4 Å². The number of nitrogens with one attached hydrogen (secondary N) is 2. The van der Waals surface area contributed by atoms with Gasteiger partial charge in [-0.3, -0.25) is 9.78 Å². The van der Waals surface area contributed by atoms with Crippen LogP contribution in [0.25, 0.3) is 5.69 Å². The van der Waals surface area contributed by atoms with Crippen LogP contribution in [0.5, 0.6) is 5.75 Å². The minimum absolute atomic E-state index is 0.103. The number of rotatable bonds is 9. The van der Waals surface area contributed by atoms with Gasteiger partial charge in [0.1, 0.15) is 5.75 Å². The van der Waals surface area contributed by atoms with Crippen molar-refractivity contribution in [2.24, 2.45) is 0 Å². The molecule has 1 aliphatic heterocycles. The number of amides is 1. The molecule has 40 heavy (non-hydrogen) atoms. The molecule has 0 spiro atoms. The lowest BCUT2D eigenvalue weighted by molar-refractivity contribution is -0.116. The van der Waals surface area contributed by atoms with Gasteiger partial charge in [0.2, 0.25) is 5.91 Å². The number of thiocarbonyl (C=S) groups is 1. The van der Waals surface area contributed by atoms with Gasteiger partial charge in [0.15, 0.2) is 5.11 Å². The molecule has 0 unspecified atom stereocenters. The maximum absolute atomic E-state index is 13.0. The summed E-state index contributed by atoms with van der Waals surface area (Å²) in [6.07, 6.45) is 3.08. The molecular formula is C32H35N5O2S. The molecule has 0 saturated carbocycles. The van der Waals surface area contributed by atoms with Crippen LogP contribution >= 0.6 is 12.2 Å². The normalized spacial score (nSPS) is 16.6. The summed E-state index contributed by atoms with van der Waals surface area (Å²) < 4.78 is 7.68. The molecule has 5 rings (SSSR count). The second-order valence-electron chi connectivity index (χ2n) is 10.0. The van der Waals surface area contributed by atoms with Gasteiger partial charge < -0.3 is 24.8 Å². The molecule has 0 bridgehead atoms. The molecule has 2 N–H and O–H groups in total. The molecule has 2 atom stereocenters. The van der Waals surface area contributed by atoms with Crippen molar-refractivity contribution in [2.75, 3.05) is 19.0 Å². The fourth-order valence-electron chi connectivity index (χ4n) is 5.53. The van der Waals surface area contributed by atoms with Crippen LogP contribution < -0.4 is 15.4 Å². The van der Waals surface area contributed by atoms with Gasteiger partial charge in [-0.25, -0.2) is 0 Å². The summed E-state index contributed by atoms with van der Waals surface area (Å²) in [6.45, 7) is 6.90. The number of para-hydroxylation sites is 2. The zero-order valence-corrected chi connectivity index (χ0v) is 24.2. The van der Waals surface area contributed by atoms with Crippen molar-refractivity contribution in [1.82, 2.24) is 19.8 Å². The molecule has 2 aromatic carbocycles. The highest BCUT2D eigenvalue weighted by atomic mass is 32.1. The number of methoxy groups -OCH3 is 1. The van der Waals surface area contributed by atoms with Crippen LogP contribution in [0.15, 0.2) is 79.0 Å². The number of pyridine rings is 1. The Morgan fingerprint density at radius 1 is 1.07 bits per heavy atom. The van der Waals surface area contributed by atoms with E-state index in [2.05, 4.69) is 76.2 Å². The van der Waals surface area contributed by atoms with E-state index in [1.54, 1.807) is 13.3 Å². The molecule has 1 aliphatic rings. The molecule has 206 valence electrons. The highest BCUT2D eigenvalue weighted by Gasteiger charge is 2.41. The minimum atomic E-state index is -0.151. The van der Waals surface area contributed by atoms with Gasteiger partial charge in [0.25, 0.3) is 0 Å². The molecule has 0 radical (unpaired) electrons. The quantitative estimate of drug-likeness (QED) is 0.246. The van der Waals surface area contributed by atoms with E-state index in [0.717, 1.165) is 34.8 Å². The third-order valence-electron chi connectivity index (χ3n) is 7.55. The second kappa shape index (κ2) is 11.9. The van der Waals surface area contributed by atoms with Gasteiger partial charge in [-0.2, -0.15) is 0 Å². The average molecular weight is 554 g/mol. The fraction of sp³-hybridized carbons (Fsp3) is 0.281. The number of hydrogen-bond acceptors (Lipinski definition) is 4. The van der Waals surface area contributed by atoms with E-state index in [0.29, 0.717) is 23.1 Å². The molecule has 1 fully saturated rings. The van der Waals surface area contributed by atoms with Gasteiger partial charge in [0, 0.05) is 36.2 Å². The zero-order chi connectivity index (χ0) is 28.2. The number of ether oxygens (including phenoxy) is 1. The first-order chi connectivity index (χ1) is 19.4. The Morgan fingerprint density at radius 3 is 2.52 bits per heavy atom. The molecule has 0 aliphatic carbocycles. The SMILES string of the molecule is CCc1ccc(-n2c(C)cc([C@H]3[C@@H](c4ccccn4)NC(=S)N3CCC(=O)Nc3ccccc3OC)c2C)cc1. The molecule has 3 heterocycles. The smallest absolute Gasteiger partial charge is 0.226 e. The first-order valence-corrected chi connectivity index (χ1v) is 14.0. The number of aromatic nitrogens is 2. The lowest BCUT2D eigenvalue weighted by atomic mass is 9.96. The van der Waals surface area contributed by atoms with E-state index >= 15 is 0 Å². The van der Waals surface area contributed by atoms with Gasteiger partial charge in [-0.15, -0.1) is 0 Å². The highest BCUT2D eigenvalue weighted by Crippen LogP contribution is 2.41. The molecule has 8 heteroatoms. The maximum Gasteiger partial charge on any atom is 0.226 e. The number of hydrogen-bond donors (Lipinski definition) is 2. The van der Waals surface area contributed by atoms with Crippen molar-refractivity contribution in [3.05, 3.63) is 107 Å².